The Hall–Kier alpha value is -1.55. The van der Waals surface area contributed by atoms with Gasteiger partial charge in [-0.2, -0.15) is 0 Å². The maximum Gasteiger partial charge on any atom is 0.227 e. The van der Waals surface area contributed by atoms with E-state index in [0.29, 0.717) is 19.6 Å². The molecule has 1 heterocycles. The molecule has 1 aromatic carbocycles. The number of carbonyl (C=O) groups is 1. The van der Waals surface area contributed by atoms with Crippen LogP contribution >= 0.6 is 0 Å². The summed E-state index contributed by atoms with van der Waals surface area (Å²) < 4.78 is 5.64. The van der Waals surface area contributed by atoms with Crippen LogP contribution in [0, 0.1) is 0 Å². The molecule has 0 fully saturated rings. The van der Waals surface area contributed by atoms with Crippen molar-refractivity contribution in [3.8, 4) is 5.75 Å². The minimum atomic E-state index is 0.168. The van der Waals surface area contributed by atoms with E-state index < -0.39 is 0 Å². The number of fused-ring (bicyclic) bond motifs is 1. The highest BCUT2D eigenvalue weighted by molar-refractivity contribution is 5.94. The third kappa shape index (κ3) is 3.01. The summed E-state index contributed by atoms with van der Waals surface area (Å²) in [7, 11) is 0. The lowest BCUT2D eigenvalue weighted by molar-refractivity contribution is -0.118. The smallest absolute Gasteiger partial charge is 0.227 e. The van der Waals surface area contributed by atoms with E-state index in [1.54, 1.807) is 0 Å². The SMILES string of the molecule is NCCCCC(=O)N1CCCOc2ccccc21. The molecular formula is C14H20N2O2. The highest BCUT2D eigenvalue weighted by Gasteiger charge is 2.20. The van der Waals surface area contributed by atoms with Crippen molar-refractivity contribution in [2.45, 2.75) is 25.7 Å². The molecule has 0 spiro atoms. The van der Waals surface area contributed by atoms with E-state index >= 15 is 0 Å². The predicted octanol–water partition coefficient (Wildman–Crippen LogP) is 1.93. The molecule has 1 aromatic rings. The van der Waals surface area contributed by atoms with Crippen LogP contribution in [0.15, 0.2) is 24.3 Å². The fourth-order valence-electron chi connectivity index (χ4n) is 2.14. The predicted molar refractivity (Wildman–Crippen MR) is 71.8 cm³/mol. The maximum atomic E-state index is 12.2. The number of anilines is 1. The molecule has 2 N–H and O–H groups in total. The number of carbonyl (C=O) groups excluding carboxylic acids is 1. The van der Waals surface area contributed by atoms with Crippen molar-refractivity contribution in [1.29, 1.82) is 0 Å². The molecule has 0 atom stereocenters. The molecular weight excluding hydrogens is 228 g/mol. The fraction of sp³-hybridized carbons (Fsp3) is 0.500. The first kappa shape index (κ1) is 12.9. The number of amides is 1. The molecule has 98 valence electrons. The van der Waals surface area contributed by atoms with Crippen LogP contribution in [0.1, 0.15) is 25.7 Å². The first-order valence-electron chi connectivity index (χ1n) is 6.55. The Morgan fingerprint density at radius 1 is 1.33 bits per heavy atom. The minimum absolute atomic E-state index is 0.168. The molecule has 1 aliphatic heterocycles. The van der Waals surface area contributed by atoms with Gasteiger partial charge in [0.2, 0.25) is 5.91 Å². The number of rotatable bonds is 4. The second-order valence-corrected chi connectivity index (χ2v) is 4.46. The third-order valence-electron chi connectivity index (χ3n) is 3.09. The Morgan fingerprint density at radius 3 is 3.00 bits per heavy atom. The zero-order valence-corrected chi connectivity index (χ0v) is 10.6. The van der Waals surface area contributed by atoms with Gasteiger partial charge in [0.25, 0.3) is 0 Å². The van der Waals surface area contributed by atoms with E-state index in [9.17, 15) is 4.79 Å². The molecule has 4 nitrogen and oxygen atoms in total. The van der Waals surface area contributed by atoms with E-state index in [2.05, 4.69) is 0 Å². The number of para-hydroxylation sites is 2. The van der Waals surface area contributed by atoms with Gasteiger partial charge in [0.05, 0.1) is 12.3 Å². The first-order chi connectivity index (χ1) is 8.83. The van der Waals surface area contributed by atoms with Gasteiger partial charge in [-0.3, -0.25) is 4.79 Å². The van der Waals surface area contributed by atoms with Crippen molar-refractivity contribution in [3.63, 3.8) is 0 Å². The molecule has 1 amide bonds. The van der Waals surface area contributed by atoms with Crippen molar-refractivity contribution in [2.75, 3.05) is 24.6 Å². The van der Waals surface area contributed by atoms with Crippen molar-refractivity contribution >= 4 is 11.6 Å². The molecule has 0 aliphatic carbocycles. The molecule has 0 unspecified atom stereocenters. The molecule has 0 saturated heterocycles. The van der Waals surface area contributed by atoms with Crippen molar-refractivity contribution in [1.82, 2.24) is 0 Å². The van der Waals surface area contributed by atoms with Crippen LogP contribution in [0.5, 0.6) is 5.75 Å². The van der Waals surface area contributed by atoms with Gasteiger partial charge >= 0.3 is 0 Å². The van der Waals surface area contributed by atoms with Crippen LogP contribution in [0.25, 0.3) is 0 Å². The average molecular weight is 248 g/mol. The first-order valence-corrected chi connectivity index (χ1v) is 6.55. The Bertz CT molecular complexity index is 407. The zero-order valence-electron chi connectivity index (χ0n) is 10.6. The fourth-order valence-corrected chi connectivity index (χ4v) is 2.14. The normalized spacial score (nSPS) is 14.6. The Morgan fingerprint density at radius 2 is 2.17 bits per heavy atom. The van der Waals surface area contributed by atoms with Gasteiger partial charge in [0.1, 0.15) is 5.75 Å². The van der Waals surface area contributed by atoms with Gasteiger partial charge < -0.3 is 15.4 Å². The van der Waals surface area contributed by atoms with Crippen LogP contribution in [-0.2, 0) is 4.79 Å². The molecule has 0 bridgehead atoms. The van der Waals surface area contributed by atoms with Crippen molar-refractivity contribution in [2.24, 2.45) is 5.73 Å². The lowest BCUT2D eigenvalue weighted by Crippen LogP contribution is -2.31. The van der Waals surface area contributed by atoms with Gasteiger partial charge in [-0.15, -0.1) is 0 Å². The summed E-state index contributed by atoms with van der Waals surface area (Å²) in [5, 5.41) is 0. The highest BCUT2D eigenvalue weighted by atomic mass is 16.5. The molecule has 18 heavy (non-hydrogen) atoms. The Kier molecular flexibility index (Phi) is 4.59. The number of hydrogen-bond acceptors (Lipinski definition) is 3. The van der Waals surface area contributed by atoms with E-state index in [4.69, 9.17) is 10.5 Å². The molecule has 0 radical (unpaired) electrons. The number of nitrogens with two attached hydrogens (primary N) is 1. The average Bonchev–Trinajstić information content (AvgIpc) is 2.61. The maximum absolute atomic E-state index is 12.2. The van der Waals surface area contributed by atoms with Crippen molar-refractivity contribution < 1.29 is 9.53 Å². The van der Waals surface area contributed by atoms with E-state index in [-0.39, 0.29) is 5.91 Å². The molecule has 1 aliphatic rings. The second kappa shape index (κ2) is 6.40. The Labute approximate surface area is 108 Å². The summed E-state index contributed by atoms with van der Waals surface area (Å²) in [6.07, 6.45) is 3.19. The lowest BCUT2D eigenvalue weighted by atomic mass is 10.2. The molecule has 2 rings (SSSR count). The van der Waals surface area contributed by atoms with Crippen molar-refractivity contribution in [3.05, 3.63) is 24.3 Å². The standard InChI is InChI=1S/C14H20N2O2/c15-9-4-3-8-14(17)16-10-5-11-18-13-7-2-1-6-12(13)16/h1-2,6-7H,3-5,8-11,15H2. The zero-order chi connectivity index (χ0) is 12.8. The topological polar surface area (TPSA) is 55.6 Å². The van der Waals surface area contributed by atoms with Gasteiger partial charge in [0.15, 0.2) is 0 Å². The van der Waals surface area contributed by atoms with Crippen LogP contribution in [0.2, 0.25) is 0 Å². The summed E-state index contributed by atoms with van der Waals surface area (Å²) in [6, 6.07) is 7.73. The van der Waals surface area contributed by atoms with Crippen LogP contribution in [-0.4, -0.2) is 25.6 Å². The van der Waals surface area contributed by atoms with Gasteiger partial charge in [-0.1, -0.05) is 12.1 Å². The molecule has 4 heteroatoms. The highest BCUT2D eigenvalue weighted by Crippen LogP contribution is 2.30. The van der Waals surface area contributed by atoms with Crippen LogP contribution < -0.4 is 15.4 Å². The Balaban J connectivity index is 2.09. The summed E-state index contributed by atoms with van der Waals surface area (Å²) in [5.41, 5.74) is 6.35. The van der Waals surface area contributed by atoms with Gasteiger partial charge in [0, 0.05) is 13.0 Å². The second-order valence-electron chi connectivity index (χ2n) is 4.46. The van der Waals surface area contributed by atoms with Gasteiger partial charge in [-0.25, -0.2) is 0 Å². The molecule has 0 aromatic heterocycles. The summed E-state index contributed by atoms with van der Waals surface area (Å²) in [6.45, 7) is 2.05. The van der Waals surface area contributed by atoms with Crippen LogP contribution in [0.4, 0.5) is 5.69 Å². The summed E-state index contributed by atoms with van der Waals surface area (Å²) >= 11 is 0. The number of unbranched alkanes of at least 4 members (excludes halogenated alkanes) is 1. The minimum Gasteiger partial charge on any atom is -0.491 e. The number of nitrogens with zero attached hydrogens (tertiary/aromatic N) is 1. The number of ether oxygens (including phenoxy) is 1. The van der Waals surface area contributed by atoms with E-state index in [0.717, 1.165) is 37.2 Å². The largest absolute Gasteiger partial charge is 0.491 e. The third-order valence-corrected chi connectivity index (χ3v) is 3.09. The van der Waals surface area contributed by atoms with E-state index in [1.807, 2.05) is 29.2 Å². The van der Waals surface area contributed by atoms with E-state index in [1.165, 1.54) is 0 Å². The number of hydrogen-bond donors (Lipinski definition) is 1. The number of benzene rings is 1. The quantitative estimate of drug-likeness (QED) is 0.828. The summed E-state index contributed by atoms with van der Waals surface area (Å²) in [5.74, 6) is 0.976. The lowest BCUT2D eigenvalue weighted by Gasteiger charge is -2.21. The monoisotopic (exact) mass is 248 g/mol. The van der Waals surface area contributed by atoms with Crippen LogP contribution in [0.3, 0.4) is 0 Å². The molecule has 0 saturated carbocycles. The van der Waals surface area contributed by atoms with Gasteiger partial charge in [-0.05, 0) is 37.9 Å². The summed E-state index contributed by atoms with van der Waals surface area (Å²) in [4.78, 5) is 14.1.